The van der Waals surface area contributed by atoms with Crippen LogP contribution in [0, 0.1) is 4.77 Å². The van der Waals surface area contributed by atoms with Gasteiger partial charge in [0.05, 0.1) is 5.52 Å². The zero-order valence-electron chi connectivity index (χ0n) is 12.9. The van der Waals surface area contributed by atoms with Crippen LogP contribution in [-0.4, -0.2) is 16.1 Å². The summed E-state index contributed by atoms with van der Waals surface area (Å²) in [5.41, 5.74) is 2.08. The number of anilines is 1. The molecule has 0 atom stereocenters. The van der Waals surface area contributed by atoms with Gasteiger partial charge in [-0.15, -0.1) is 0 Å². The third kappa shape index (κ3) is 3.46. The van der Waals surface area contributed by atoms with Gasteiger partial charge < -0.3 is 5.32 Å². The van der Waals surface area contributed by atoms with Gasteiger partial charge in [-0.25, -0.2) is 4.98 Å². The van der Waals surface area contributed by atoms with E-state index in [9.17, 15) is 0 Å². The third-order valence-electron chi connectivity index (χ3n) is 3.69. The molecular weight excluding hydrogens is 370 g/mol. The standard InChI is InChI=1S/C18H18BrN3S/c1-2-3-11-20-17-15-12-13(19)9-10-16(15)22(18(23)21-17)14-7-5-4-6-8-14/h4-10,12H,2-3,11H2,1H3,(H,20,21,23). The molecule has 1 N–H and O–H groups in total. The lowest BCUT2D eigenvalue weighted by Gasteiger charge is -2.15. The molecule has 0 fully saturated rings. The Labute approximate surface area is 149 Å². The molecule has 1 heterocycles. The van der Waals surface area contributed by atoms with Crippen molar-refractivity contribution in [2.75, 3.05) is 11.9 Å². The number of halogens is 1. The average molecular weight is 388 g/mol. The van der Waals surface area contributed by atoms with Crippen LogP contribution in [0.2, 0.25) is 0 Å². The van der Waals surface area contributed by atoms with E-state index in [1.54, 1.807) is 0 Å². The van der Waals surface area contributed by atoms with Crippen molar-refractivity contribution in [3.8, 4) is 5.69 Å². The number of para-hydroxylation sites is 1. The Morgan fingerprint density at radius 1 is 1.17 bits per heavy atom. The number of unbranched alkanes of at least 4 members (excludes halogenated alkanes) is 1. The van der Waals surface area contributed by atoms with E-state index >= 15 is 0 Å². The minimum atomic E-state index is 0.560. The predicted octanol–water partition coefficient (Wildman–Crippen LogP) is 5.73. The normalized spacial score (nSPS) is 10.9. The number of hydrogen-bond acceptors (Lipinski definition) is 3. The Balaban J connectivity index is 2.21. The van der Waals surface area contributed by atoms with E-state index in [0.29, 0.717) is 4.77 Å². The Hall–Kier alpha value is -1.72. The van der Waals surface area contributed by atoms with Crippen LogP contribution in [0.25, 0.3) is 16.6 Å². The number of hydrogen-bond donors (Lipinski definition) is 1. The van der Waals surface area contributed by atoms with Crippen molar-refractivity contribution in [2.45, 2.75) is 19.8 Å². The van der Waals surface area contributed by atoms with Crippen molar-refractivity contribution in [2.24, 2.45) is 0 Å². The van der Waals surface area contributed by atoms with E-state index in [1.165, 1.54) is 0 Å². The zero-order chi connectivity index (χ0) is 16.2. The molecule has 3 rings (SSSR count). The van der Waals surface area contributed by atoms with E-state index in [4.69, 9.17) is 12.2 Å². The van der Waals surface area contributed by atoms with Gasteiger partial charge in [-0.1, -0.05) is 47.5 Å². The smallest absolute Gasteiger partial charge is 0.206 e. The Morgan fingerprint density at radius 3 is 2.70 bits per heavy atom. The molecule has 2 aromatic carbocycles. The highest BCUT2D eigenvalue weighted by Gasteiger charge is 2.10. The molecular formula is C18H18BrN3S. The maximum atomic E-state index is 5.56. The van der Waals surface area contributed by atoms with Gasteiger partial charge in [-0.3, -0.25) is 4.57 Å². The summed E-state index contributed by atoms with van der Waals surface area (Å²) in [6, 6.07) is 16.3. The second kappa shape index (κ2) is 7.23. The summed E-state index contributed by atoms with van der Waals surface area (Å²) in [6.07, 6.45) is 2.25. The van der Waals surface area contributed by atoms with Crippen LogP contribution in [-0.2, 0) is 0 Å². The molecule has 0 aliphatic heterocycles. The first-order valence-electron chi connectivity index (χ1n) is 7.72. The van der Waals surface area contributed by atoms with E-state index in [2.05, 4.69) is 45.3 Å². The summed E-state index contributed by atoms with van der Waals surface area (Å²) in [5, 5.41) is 4.49. The number of nitrogens with one attached hydrogen (secondary N) is 1. The number of nitrogens with zero attached hydrogens (tertiary/aromatic N) is 2. The summed E-state index contributed by atoms with van der Waals surface area (Å²) in [6.45, 7) is 3.08. The van der Waals surface area contributed by atoms with Crippen LogP contribution in [0.1, 0.15) is 19.8 Å². The molecule has 0 amide bonds. The molecule has 23 heavy (non-hydrogen) atoms. The number of fused-ring (bicyclic) bond motifs is 1. The van der Waals surface area contributed by atoms with Crippen molar-refractivity contribution >= 4 is 44.9 Å². The number of rotatable bonds is 5. The molecule has 0 aliphatic carbocycles. The Morgan fingerprint density at radius 2 is 1.96 bits per heavy atom. The molecule has 118 valence electrons. The molecule has 0 aliphatic rings. The van der Waals surface area contributed by atoms with E-state index in [-0.39, 0.29) is 0 Å². The van der Waals surface area contributed by atoms with Crippen molar-refractivity contribution < 1.29 is 0 Å². The van der Waals surface area contributed by atoms with Gasteiger partial charge in [-0.2, -0.15) is 0 Å². The second-order valence-corrected chi connectivity index (χ2v) is 6.64. The summed E-state index contributed by atoms with van der Waals surface area (Å²) in [7, 11) is 0. The van der Waals surface area contributed by atoms with E-state index < -0.39 is 0 Å². The van der Waals surface area contributed by atoms with Crippen molar-refractivity contribution in [3.63, 3.8) is 0 Å². The lowest BCUT2D eigenvalue weighted by Crippen LogP contribution is -2.08. The van der Waals surface area contributed by atoms with Gasteiger partial charge in [-0.05, 0) is 49.0 Å². The van der Waals surface area contributed by atoms with Crippen molar-refractivity contribution in [1.82, 2.24) is 9.55 Å². The predicted molar refractivity (Wildman–Crippen MR) is 103 cm³/mol. The topological polar surface area (TPSA) is 29.9 Å². The fourth-order valence-electron chi connectivity index (χ4n) is 2.55. The van der Waals surface area contributed by atoms with Crippen LogP contribution in [0.3, 0.4) is 0 Å². The Kier molecular flexibility index (Phi) is 5.08. The SMILES string of the molecule is CCCCNc1nc(=S)n(-c2ccccc2)c2ccc(Br)cc12. The van der Waals surface area contributed by atoms with Crippen LogP contribution in [0.4, 0.5) is 5.82 Å². The van der Waals surface area contributed by atoms with E-state index in [1.807, 2.05) is 41.0 Å². The molecule has 3 nitrogen and oxygen atoms in total. The van der Waals surface area contributed by atoms with Gasteiger partial charge in [0.1, 0.15) is 5.82 Å². The number of aromatic nitrogens is 2. The lowest BCUT2D eigenvalue weighted by molar-refractivity contribution is 0.830. The molecule has 5 heteroatoms. The molecule has 0 bridgehead atoms. The molecule has 3 aromatic rings. The lowest BCUT2D eigenvalue weighted by atomic mass is 10.2. The van der Waals surface area contributed by atoms with Gasteiger partial charge in [0.2, 0.25) is 4.77 Å². The molecule has 0 unspecified atom stereocenters. The van der Waals surface area contributed by atoms with Crippen LogP contribution >= 0.6 is 28.1 Å². The molecule has 1 aromatic heterocycles. The maximum Gasteiger partial charge on any atom is 0.206 e. The first kappa shape index (κ1) is 16.1. The number of benzene rings is 2. The highest BCUT2D eigenvalue weighted by Crippen LogP contribution is 2.27. The molecule has 0 spiro atoms. The highest BCUT2D eigenvalue weighted by atomic mass is 79.9. The first-order chi connectivity index (χ1) is 11.2. The van der Waals surface area contributed by atoms with Crippen LogP contribution in [0.5, 0.6) is 0 Å². The molecule has 0 saturated heterocycles. The van der Waals surface area contributed by atoms with Gasteiger partial charge >= 0.3 is 0 Å². The monoisotopic (exact) mass is 387 g/mol. The quantitative estimate of drug-likeness (QED) is 0.447. The summed E-state index contributed by atoms with van der Waals surface area (Å²) in [5.74, 6) is 0.854. The highest BCUT2D eigenvalue weighted by molar-refractivity contribution is 9.10. The van der Waals surface area contributed by atoms with Gasteiger partial charge in [0, 0.05) is 22.1 Å². The minimum Gasteiger partial charge on any atom is -0.369 e. The van der Waals surface area contributed by atoms with Crippen molar-refractivity contribution in [3.05, 3.63) is 57.8 Å². The Bertz CT molecular complexity index is 875. The van der Waals surface area contributed by atoms with Crippen LogP contribution in [0.15, 0.2) is 53.0 Å². The zero-order valence-corrected chi connectivity index (χ0v) is 15.3. The fourth-order valence-corrected chi connectivity index (χ4v) is 3.20. The fraction of sp³-hybridized carbons (Fsp3) is 0.222. The first-order valence-corrected chi connectivity index (χ1v) is 8.92. The van der Waals surface area contributed by atoms with Crippen molar-refractivity contribution in [1.29, 1.82) is 0 Å². The average Bonchev–Trinajstić information content (AvgIpc) is 2.56. The maximum absolute atomic E-state index is 5.56. The minimum absolute atomic E-state index is 0.560. The summed E-state index contributed by atoms with van der Waals surface area (Å²) in [4.78, 5) is 4.64. The van der Waals surface area contributed by atoms with Gasteiger partial charge in [0.15, 0.2) is 0 Å². The summed E-state index contributed by atoms with van der Waals surface area (Å²) < 4.78 is 3.61. The largest absolute Gasteiger partial charge is 0.369 e. The second-order valence-electron chi connectivity index (χ2n) is 5.36. The van der Waals surface area contributed by atoms with Gasteiger partial charge in [0.25, 0.3) is 0 Å². The molecule has 0 saturated carbocycles. The van der Waals surface area contributed by atoms with Crippen LogP contribution < -0.4 is 5.32 Å². The molecule has 0 radical (unpaired) electrons. The van der Waals surface area contributed by atoms with E-state index in [0.717, 1.165) is 46.3 Å². The summed E-state index contributed by atoms with van der Waals surface area (Å²) >= 11 is 9.12. The third-order valence-corrected chi connectivity index (χ3v) is 4.46.